The third-order valence-electron chi connectivity index (χ3n) is 2.69. The van der Waals surface area contributed by atoms with Gasteiger partial charge < -0.3 is 10.5 Å². The van der Waals surface area contributed by atoms with Gasteiger partial charge in [0.2, 0.25) is 0 Å². The first kappa shape index (κ1) is 10.9. The molecule has 0 saturated heterocycles. The highest BCUT2D eigenvalue weighted by molar-refractivity contribution is 6.30. The second-order valence-electron chi connectivity index (χ2n) is 4.05. The average Bonchev–Trinajstić information content (AvgIpc) is 3.05. The maximum atomic E-state index is 5.82. The first-order chi connectivity index (χ1) is 7.29. The minimum atomic E-state index is 0.0165. The van der Waals surface area contributed by atoms with E-state index in [-0.39, 0.29) is 6.10 Å². The van der Waals surface area contributed by atoms with Crippen molar-refractivity contribution < 1.29 is 4.74 Å². The summed E-state index contributed by atoms with van der Waals surface area (Å²) in [6, 6.07) is 7.71. The molecule has 2 nitrogen and oxygen atoms in total. The summed E-state index contributed by atoms with van der Waals surface area (Å²) in [6.45, 7) is 1.36. The van der Waals surface area contributed by atoms with Crippen LogP contribution in [0.15, 0.2) is 24.3 Å². The molecule has 2 N–H and O–H groups in total. The number of ether oxygens (including phenoxy) is 1. The van der Waals surface area contributed by atoms with Crippen molar-refractivity contribution in [3.05, 3.63) is 34.9 Å². The van der Waals surface area contributed by atoms with E-state index in [0.717, 1.165) is 23.1 Å². The van der Waals surface area contributed by atoms with Gasteiger partial charge in [-0.15, -0.1) is 0 Å². The van der Waals surface area contributed by atoms with Crippen molar-refractivity contribution in [1.82, 2.24) is 0 Å². The molecule has 1 fully saturated rings. The molecule has 0 heterocycles. The number of nitrogens with two attached hydrogens (primary N) is 1. The lowest BCUT2D eigenvalue weighted by atomic mass is 10.1. The van der Waals surface area contributed by atoms with Crippen molar-refractivity contribution in [2.75, 3.05) is 13.2 Å². The van der Waals surface area contributed by atoms with Gasteiger partial charge in [-0.2, -0.15) is 0 Å². The molecule has 0 bridgehead atoms. The lowest BCUT2D eigenvalue weighted by Crippen LogP contribution is -2.16. The van der Waals surface area contributed by atoms with Gasteiger partial charge in [-0.1, -0.05) is 23.7 Å². The van der Waals surface area contributed by atoms with Crippen molar-refractivity contribution in [2.45, 2.75) is 18.9 Å². The molecule has 1 saturated carbocycles. The molecule has 0 spiro atoms. The summed E-state index contributed by atoms with van der Waals surface area (Å²) < 4.78 is 5.77. The molecule has 0 amide bonds. The monoisotopic (exact) mass is 225 g/mol. The Morgan fingerprint density at radius 3 is 2.53 bits per heavy atom. The SMILES string of the molecule is NCC(OCC1CC1)c1ccc(Cl)cc1. The second kappa shape index (κ2) is 4.97. The van der Waals surface area contributed by atoms with Crippen LogP contribution in [0.5, 0.6) is 0 Å². The quantitative estimate of drug-likeness (QED) is 0.837. The molecule has 82 valence electrons. The third-order valence-corrected chi connectivity index (χ3v) is 2.94. The number of rotatable bonds is 5. The molecule has 1 aromatic carbocycles. The third kappa shape index (κ3) is 3.20. The van der Waals surface area contributed by atoms with Crippen LogP contribution in [-0.2, 0) is 4.74 Å². The van der Waals surface area contributed by atoms with Crippen LogP contribution in [0, 0.1) is 5.92 Å². The van der Waals surface area contributed by atoms with Crippen LogP contribution < -0.4 is 5.73 Å². The molecule has 1 aliphatic rings. The summed E-state index contributed by atoms with van der Waals surface area (Å²) in [5.41, 5.74) is 6.80. The summed E-state index contributed by atoms with van der Waals surface area (Å²) in [7, 11) is 0. The van der Waals surface area contributed by atoms with Crippen LogP contribution in [0.25, 0.3) is 0 Å². The van der Waals surface area contributed by atoms with Crippen LogP contribution in [0.1, 0.15) is 24.5 Å². The Morgan fingerprint density at radius 2 is 2.00 bits per heavy atom. The number of hydrogen-bond donors (Lipinski definition) is 1. The maximum Gasteiger partial charge on any atom is 0.0947 e. The van der Waals surface area contributed by atoms with Crippen molar-refractivity contribution >= 4 is 11.6 Å². The molecule has 1 aliphatic carbocycles. The summed E-state index contributed by atoms with van der Waals surface area (Å²) in [5.74, 6) is 0.770. The van der Waals surface area contributed by atoms with Gasteiger partial charge in [0.25, 0.3) is 0 Å². The summed E-state index contributed by atoms with van der Waals surface area (Å²) in [5, 5.41) is 0.747. The molecule has 15 heavy (non-hydrogen) atoms. The minimum Gasteiger partial charge on any atom is -0.372 e. The molecule has 0 radical (unpaired) electrons. The van der Waals surface area contributed by atoms with Crippen LogP contribution in [0.4, 0.5) is 0 Å². The summed E-state index contributed by atoms with van der Waals surface area (Å²) in [4.78, 5) is 0. The molecule has 2 rings (SSSR count). The second-order valence-corrected chi connectivity index (χ2v) is 4.49. The first-order valence-corrected chi connectivity index (χ1v) is 5.74. The van der Waals surface area contributed by atoms with Gasteiger partial charge in [-0.05, 0) is 36.5 Å². The molecular formula is C12H16ClNO. The summed E-state index contributed by atoms with van der Waals surface area (Å²) >= 11 is 5.82. The van der Waals surface area contributed by atoms with Crippen molar-refractivity contribution in [1.29, 1.82) is 0 Å². The first-order valence-electron chi connectivity index (χ1n) is 5.36. The van der Waals surface area contributed by atoms with Crippen LogP contribution in [0.2, 0.25) is 5.02 Å². The largest absolute Gasteiger partial charge is 0.372 e. The van der Waals surface area contributed by atoms with Gasteiger partial charge >= 0.3 is 0 Å². The predicted molar refractivity (Wildman–Crippen MR) is 61.9 cm³/mol. The van der Waals surface area contributed by atoms with E-state index >= 15 is 0 Å². The van der Waals surface area contributed by atoms with E-state index in [4.69, 9.17) is 22.1 Å². The van der Waals surface area contributed by atoms with Gasteiger partial charge in [0.15, 0.2) is 0 Å². The zero-order valence-corrected chi connectivity index (χ0v) is 9.41. The molecule has 0 aromatic heterocycles. The molecule has 1 unspecified atom stereocenters. The fourth-order valence-corrected chi connectivity index (χ4v) is 1.64. The highest BCUT2D eigenvalue weighted by atomic mass is 35.5. The Kier molecular flexibility index (Phi) is 3.62. The standard InChI is InChI=1S/C12H16ClNO/c13-11-5-3-10(4-6-11)12(7-14)15-8-9-1-2-9/h3-6,9,12H,1-2,7-8,14H2. The van der Waals surface area contributed by atoms with E-state index in [2.05, 4.69) is 0 Å². The Hall–Kier alpha value is -0.570. The highest BCUT2D eigenvalue weighted by Gasteiger charge is 2.23. The smallest absolute Gasteiger partial charge is 0.0947 e. The molecule has 1 atom stereocenters. The highest BCUT2D eigenvalue weighted by Crippen LogP contribution is 2.31. The normalized spacial score (nSPS) is 17.7. The van der Waals surface area contributed by atoms with Crippen LogP contribution >= 0.6 is 11.6 Å². The predicted octanol–water partition coefficient (Wildman–Crippen LogP) is 2.77. The number of hydrogen-bond acceptors (Lipinski definition) is 2. The average molecular weight is 226 g/mol. The van der Waals surface area contributed by atoms with Crippen LogP contribution in [-0.4, -0.2) is 13.2 Å². The Morgan fingerprint density at radius 1 is 1.33 bits per heavy atom. The van der Waals surface area contributed by atoms with E-state index in [1.807, 2.05) is 24.3 Å². The number of benzene rings is 1. The lowest BCUT2D eigenvalue weighted by molar-refractivity contribution is 0.0510. The van der Waals surface area contributed by atoms with Crippen LogP contribution in [0.3, 0.4) is 0 Å². The van der Waals surface area contributed by atoms with Gasteiger partial charge in [0.1, 0.15) is 0 Å². The Labute approximate surface area is 95.4 Å². The number of halogens is 1. The zero-order valence-electron chi connectivity index (χ0n) is 8.66. The molecule has 3 heteroatoms. The lowest BCUT2D eigenvalue weighted by Gasteiger charge is -2.16. The van der Waals surface area contributed by atoms with E-state index in [1.54, 1.807) is 0 Å². The van der Waals surface area contributed by atoms with Gasteiger partial charge in [0.05, 0.1) is 12.7 Å². The molecular weight excluding hydrogens is 210 g/mol. The Balaban J connectivity index is 1.94. The fraction of sp³-hybridized carbons (Fsp3) is 0.500. The Bertz CT molecular complexity index is 308. The maximum absolute atomic E-state index is 5.82. The van der Waals surface area contributed by atoms with E-state index in [0.29, 0.717) is 6.54 Å². The van der Waals surface area contributed by atoms with Gasteiger partial charge in [-0.25, -0.2) is 0 Å². The van der Waals surface area contributed by atoms with Crippen molar-refractivity contribution in [3.8, 4) is 0 Å². The van der Waals surface area contributed by atoms with E-state index < -0.39 is 0 Å². The zero-order chi connectivity index (χ0) is 10.7. The van der Waals surface area contributed by atoms with Crippen molar-refractivity contribution in [3.63, 3.8) is 0 Å². The fourth-order valence-electron chi connectivity index (χ4n) is 1.51. The van der Waals surface area contributed by atoms with Gasteiger partial charge in [0, 0.05) is 11.6 Å². The molecule has 0 aliphatic heterocycles. The van der Waals surface area contributed by atoms with Gasteiger partial charge in [-0.3, -0.25) is 0 Å². The topological polar surface area (TPSA) is 35.2 Å². The minimum absolute atomic E-state index is 0.0165. The molecule has 1 aromatic rings. The van der Waals surface area contributed by atoms with Crippen molar-refractivity contribution in [2.24, 2.45) is 11.7 Å². The van der Waals surface area contributed by atoms with E-state index in [1.165, 1.54) is 12.8 Å². The summed E-state index contributed by atoms with van der Waals surface area (Å²) in [6.07, 6.45) is 2.62. The van der Waals surface area contributed by atoms with E-state index in [9.17, 15) is 0 Å².